The number of halogens is 1. The smallest absolute Gasteiger partial charge is 0.188 e. The van der Waals surface area contributed by atoms with Crippen molar-refractivity contribution in [1.29, 1.82) is 0 Å². The lowest BCUT2D eigenvalue weighted by atomic mass is 10.2. The van der Waals surface area contributed by atoms with Gasteiger partial charge in [0.25, 0.3) is 0 Å². The summed E-state index contributed by atoms with van der Waals surface area (Å²) < 4.78 is 21.6. The van der Waals surface area contributed by atoms with Gasteiger partial charge in [-0.2, -0.15) is 0 Å². The molecule has 0 aliphatic carbocycles. The maximum Gasteiger partial charge on any atom is 0.188 e. The number of sulfone groups is 1. The van der Waals surface area contributed by atoms with E-state index in [1.54, 1.807) is 0 Å². The third-order valence-corrected chi connectivity index (χ3v) is 2.66. The minimum atomic E-state index is -2.87. The molecule has 0 rings (SSSR count). The summed E-state index contributed by atoms with van der Waals surface area (Å²) in [6, 6.07) is 0. The highest BCUT2D eigenvalue weighted by atomic mass is 127. The van der Waals surface area contributed by atoms with Gasteiger partial charge in [-0.05, 0) is 12.3 Å². The van der Waals surface area contributed by atoms with E-state index >= 15 is 0 Å². The summed E-state index contributed by atoms with van der Waals surface area (Å²) in [7, 11) is -2.87. The lowest BCUT2D eigenvalue weighted by molar-refractivity contribution is 0.598. The summed E-state index contributed by atoms with van der Waals surface area (Å²) in [5.41, 5.74) is 5.56. The molecule has 7 heteroatoms. The summed E-state index contributed by atoms with van der Waals surface area (Å²) in [6.45, 7) is 5.34. The van der Waals surface area contributed by atoms with Crippen LogP contribution in [-0.4, -0.2) is 39.5 Å². The highest BCUT2D eigenvalue weighted by Gasteiger charge is 2.01. The zero-order valence-corrected chi connectivity index (χ0v) is 13.2. The van der Waals surface area contributed by atoms with E-state index in [4.69, 9.17) is 5.73 Å². The van der Waals surface area contributed by atoms with Gasteiger partial charge in [-0.25, -0.2) is 8.42 Å². The van der Waals surface area contributed by atoms with Gasteiger partial charge in [-0.1, -0.05) is 13.8 Å². The van der Waals surface area contributed by atoms with Crippen LogP contribution in [0.15, 0.2) is 4.99 Å². The molecule has 3 N–H and O–H groups in total. The van der Waals surface area contributed by atoms with Crippen LogP contribution >= 0.6 is 24.0 Å². The molecule has 0 heterocycles. The van der Waals surface area contributed by atoms with Gasteiger partial charge in [0.2, 0.25) is 0 Å². The zero-order chi connectivity index (χ0) is 11.9. The van der Waals surface area contributed by atoms with Crippen LogP contribution in [0, 0.1) is 5.92 Å². The Bertz CT molecular complexity index is 302. The maximum absolute atomic E-state index is 10.8. The first-order valence-corrected chi connectivity index (χ1v) is 7.09. The third-order valence-electron chi connectivity index (χ3n) is 1.62. The Labute approximate surface area is 115 Å². The average molecular weight is 363 g/mol. The summed E-state index contributed by atoms with van der Waals surface area (Å²) in [5.74, 6) is 1.04. The first kappa shape index (κ1) is 18.3. The van der Waals surface area contributed by atoms with Crippen LogP contribution in [0.3, 0.4) is 0 Å². The molecule has 16 heavy (non-hydrogen) atoms. The van der Waals surface area contributed by atoms with E-state index in [-0.39, 0.29) is 29.7 Å². The molecule has 0 aliphatic heterocycles. The Balaban J connectivity index is 0. The van der Waals surface area contributed by atoms with E-state index in [0.717, 1.165) is 0 Å². The number of rotatable bonds is 6. The van der Waals surface area contributed by atoms with Crippen LogP contribution in [0.5, 0.6) is 0 Å². The van der Waals surface area contributed by atoms with Crippen molar-refractivity contribution in [3.63, 3.8) is 0 Å². The molecule has 0 bridgehead atoms. The highest BCUT2D eigenvalue weighted by Crippen LogP contribution is 1.91. The zero-order valence-electron chi connectivity index (χ0n) is 10.1. The fraction of sp³-hybridized carbons (Fsp3) is 0.889. The third kappa shape index (κ3) is 13.9. The van der Waals surface area contributed by atoms with Gasteiger partial charge in [0, 0.05) is 19.3 Å². The molecule has 0 aromatic carbocycles. The molecule has 0 saturated heterocycles. The molecule has 0 fully saturated rings. The van der Waals surface area contributed by atoms with Crippen LogP contribution in [-0.2, 0) is 9.84 Å². The second-order valence-corrected chi connectivity index (χ2v) is 6.29. The lowest BCUT2D eigenvalue weighted by Gasteiger charge is -2.05. The summed E-state index contributed by atoms with van der Waals surface area (Å²) >= 11 is 0. The first-order chi connectivity index (χ1) is 6.81. The van der Waals surface area contributed by atoms with Crippen LogP contribution < -0.4 is 11.1 Å². The van der Waals surface area contributed by atoms with Crippen molar-refractivity contribution in [1.82, 2.24) is 5.32 Å². The fourth-order valence-electron chi connectivity index (χ4n) is 0.888. The van der Waals surface area contributed by atoms with Crippen molar-refractivity contribution >= 4 is 39.8 Å². The second-order valence-electron chi connectivity index (χ2n) is 4.03. The number of hydrogen-bond donors (Lipinski definition) is 2. The van der Waals surface area contributed by atoms with Gasteiger partial charge >= 0.3 is 0 Å². The fourth-order valence-corrected chi connectivity index (χ4v) is 1.56. The van der Waals surface area contributed by atoms with E-state index in [0.29, 0.717) is 31.4 Å². The summed E-state index contributed by atoms with van der Waals surface area (Å²) in [6.07, 6.45) is 1.78. The normalized spacial score (nSPS) is 12.4. The summed E-state index contributed by atoms with van der Waals surface area (Å²) in [4.78, 5) is 4.09. The first-order valence-electron chi connectivity index (χ1n) is 5.03. The Morgan fingerprint density at radius 1 is 1.44 bits per heavy atom. The predicted octanol–water partition coefficient (Wildman–Crippen LogP) is 0.599. The molecule has 98 valence electrons. The van der Waals surface area contributed by atoms with Crippen molar-refractivity contribution in [2.45, 2.75) is 20.3 Å². The molecule has 5 nitrogen and oxygen atoms in total. The molecule has 0 radical (unpaired) electrons. The topological polar surface area (TPSA) is 84.5 Å². The Morgan fingerprint density at radius 2 is 2.00 bits per heavy atom. The van der Waals surface area contributed by atoms with Crippen LogP contribution in [0.25, 0.3) is 0 Å². The molecule has 0 saturated carbocycles. The molecule has 0 amide bonds. The van der Waals surface area contributed by atoms with Crippen molar-refractivity contribution < 1.29 is 8.42 Å². The van der Waals surface area contributed by atoms with Crippen LogP contribution in [0.1, 0.15) is 20.3 Å². The SMILES string of the molecule is CC(C)CN=C(N)NCCCS(C)(=O)=O.I. The summed E-state index contributed by atoms with van der Waals surface area (Å²) in [5, 5.41) is 2.87. The second kappa shape index (κ2) is 9.03. The predicted molar refractivity (Wildman–Crippen MR) is 79.1 cm³/mol. The molecule has 0 aromatic heterocycles. The number of hydrogen-bond acceptors (Lipinski definition) is 3. The van der Waals surface area contributed by atoms with Crippen molar-refractivity contribution in [2.75, 3.05) is 25.1 Å². The van der Waals surface area contributed by atoms with Gasteiger partial charge in [0.1, 0.15) is 9.84 Å². The lowest BCUT2D eigenvalue weighted by Crippen LogP contribution is -2.33. The molecule has 0 atom stereocenters. The number of aliphatic imine (C=N–C) groups is 1. The minimum Gasteiger partial charge on any atom is -0.370 e. The quantitative estimate of drug-likeness (QED) is 0.313. The average Bonchev–Trinajstić information content (AvgIpc) is 2.07. The monoisotopic (exact) mass is 363 g/mol. The molecular formula is C9H22IN3O2S. The largest absolute Gasteiger partial charge is 0.370 e. The van der Waals surface area contributed by atoms with E-state index in [9.17, 15) is 8.42 Å². The minimum absolute atomic E-state index is 0. The van der Waals surface area contributed by atoms with E-state index in [1.165, 1.54) is 6.26 Å². The van der Waals surface area contributed by atoms with Gasteiger partial charge < -0.3 is 11.1 Å². The molecule has 0 aliphatic rings. The number of guanidine groups is 1. The van der Waals surface area contributed by atoms with Gasteiger partial charge in [0.15, 0.2) is 5.96 Å². The number of nitrogens with zero attached hydrogens (tertiary/aromatic N) is 1. The van der Waals surface area contributed by atoms with Gasteiger partial charge in [0.05, 0.1) is 5.75 Å². The number of nitrogens with two attached hydrogens (primary N) is 1. The van der Waals surface area contributed by atoms with Crippen LogP contribution in [0.2, 0.25) is 0 Å². The van der Waals surface area contributed by atoms with Crippen molar-refractivity contribution in [3.8, 4) is 0 Å². The molecule has 0 spiro atoms. The number of nitrogens with one attached hydrogen (secondary N) is 1. The highest BCUT2D eigenvalue weighted by molar-refractivity contribution is 14.0. The van der Waals surface area contributed by atoms with E-state index in [2.05, 4.69) is 24.2 Å². The Hall–Kier alpha value is -0.0500. The molecule has 0 aromatic rings. The van der Waals surface area contributed by atoms with Crippen molar-refractivity contribution in [2.24, 2.45) is 16.6 Å². The molecular weight excluding hydrogens is 341 g/mol. The van der Waals surface area contributed by atoms with E-state index < -0.39 is 9.84 Å². The van der Waals surface area contributed by atoms with Gasteiger partial charge in [-0.3, -0.25) is 4.99 Å². The van der Waals surface area contributed by atoms with Crippen LogP contribution in [0.4, 0.5) is 0 Å². The standard InChI is InChI=1S/C9H21N3O2S.HI/c1-8(2)7-12-9(10)11-5-4-6-15(3,13)14;/h8H,4-7H2,1-3H3,(H3,10,11,12);1H. The van der Waals surface area contributed by atoms with Crippen molar-refractivity contribution in [3.05, 3.63) is 0 Å². The Kier molecular flexibility index (Phi) is 10.3. The van der Waals surface area contributed by atoms with Gasteiger partial charge in [-0.15, -0.1) is 24.0 Å². The maximum atomic E-state index is 10.8. The Morgan fingerprint density at radius 3 is 2.44 bits per heavy atom. The van der Waals surface area contributed by atoms with E-state index in [1.807, 2.05) is 0 Å². The molecule has 0 unspecified atom stereocenters.